The number of hydrogen-bond donors (Lipinski definition) is 1. The molecule has 2 aromatic rings. The van der Waals surface area contributed by atoms with Crippen molar-refractivity contribution in [2.45, 2.75) is 37.5 Å². The number of carbonyl (C=O) groups excluding carboxylic acids is 1. The van der Waals surface area contributed by atoms with Crippen LogP contribution in [0.25, 0.3) is 16.0 Å². The van der Waals surface area contributed by atoms with E-state index in [9.17, 15) is 13.2 Å². The van der Waals surface area contributed by atoms with Crippen LogP contribution in [0.1, 0.15) is 31.7 Å². The Bertz CT molecular complexity index is 990. The second-order valence-electron chi connectivity index (χ2n) is 7.09. The van der Waals surface area contributed by atoms with E-state index in [0.29, 0.717) is 5.69 Å². The molecule has 0 spiro atoms. The second-order valence-corrected chi connectivity index (χ2v) is 9.36. The molecule has 1 aliphatic heterocycles. The first-order valence-corrected chi connectivity index (χ1v) is 10.6. The number of benzene rings is 2. The Morgan fingerprint density at radius 1 is 1.07 bits per heavy atom. The van der Waals surface area contributed by atoms with Crippen molar-refractivity contribution in [3.8, 4) is 11.1 Å². The standard InChI is InChI=1S/C21H22N2O4S/c1-14(2)28(25,26)23-20-12-21(24)27-13-19(20)17-6-4-15(5-7-17)16-8-10-18(22-3)11-9-16/h4-11,14,19-20,23H,12-13H2,1-2H3. The number of carbonyl (C=O) groups is 1. The number of ether oxygens (including phenoxy) is 1. The van der Waals surface area contributed by atoms with Gasteiger partial charge in [0.15, 0.2) is 5.69 Å². The zero-order valence-corrected chi connectivity index (χ0v) is 16.6. The fourth-order valence-corrected chi connectivity index (χ4v) is 4.07. The van der Waals surface area contributed by atoms with Crippen LogP contribution in [0.2, 0.25) is 0 Å². The van der Waals surface area contributed by atoms with Crippen LogP contribution in [0.4, 0.5) is 5.69 Å². The summed E-state index contributed by atoms with van der Waals surface area (Å²) < 4.78 is 32.4. The monoisotopic (exact) mass is 398 g/mol. The molecular weight excluding hydrogens is 376 g/mol. The van der Waals surface area contributed by atoms with E-state index in [0.717, 1.165) is 16.7 Å². The highest BCUT2D eigenvalue weighted by Gasteiger charge is 2.35. The van der Waals surface area contributed by atoms with E-state index in [2.05, 4.69) is 9.57 Å². The van der Waals surface area contributed by atoms with Crippen LogP contribution in [0.3, 0.4) is 0 Å². The molecule has 2 atom stereocenters. The molecule has 1 fully saturated rings. The van der Waals surface area contributed by atoms with Crippen LogP contribution >= 0.6 is 0 Å². The van der Waals surface area contributed by atoms with Gasteiger partial charge in [-0.05, 0) is 30.5 Å². The Morgan fingerprint density at radius 3 is 2.18 bits per heavy atom. The number of nitrogens with zero attached hydrogens (tertiary/aromatic N) is 1. The molecule has 28 heavy (non-hydrogen) atoms. The molecule has 0 aromatic heterocycles. The molecule has 0 aliphatic carbocycles. The van der Waals surface area contributed by atoms with Crippen molar-refractivity contribution < 1.29 is 17.9 Å². The van der Waals surface area contributed by atoms with E-state index in [1.165, 1.54) is 0 Å². The smallest absolute Gasteiger partial charge is 0.307 e. The number of esters is 1. The molecule has 0 bridgehead atoms. The maximum atomic E-state index is 12.3. The van der Waals surface area contributed by atoms with E-state index in [1.54, 1.807) is 26.0 Å². The van der Waals surface area contributed by atoms with Crippen molar-refractivity contribution in [1.82, 2.24) is 4.72 Å². The lowest BCUT2D eigenvalue weighted by Crippen LogP contribution is -2.47. The summed E-state index contributed by atoms with van der Waals surface area (Å²) >= 11 is 0. The SMILES string of the molecule is [C-]#[N+]c1ccc(-c2ccc(C3COC(=O)CC3NS(=O)(=O)C(C)C)cc2)cc1. The maximum absolute atomic E-state index is 12.3. The highest BCUT2D eigenvalue weighted by molar-refractivity contribution is 7.90. The van der Waals surface area contributed by atoms with E-state index in [1.807, 2.05) is 36.4 Å². The summed E-state index contributed by atoms with van der Waals surface area (Å²) in [6.07, 6.45) is 0.0104. The summed E-state index contributed by atoms with van der Waals surface area (Å²) in [4.78, 5) is 15.1. The average Bonchev–Trinajstić information content (AvgIpc) is 2.68. The fourth-order valence-electron chi connectivity index (χ4n) is 3.13. The summed E-state index contributed by atoms with van der Waals surface area (Å²) in [6.45, 7) is 10.4. The quantitative estimate of drug-likeness (QED) is 0.616. The summed E-state index contributed by atoms with van der Waals surface area (Å²) in [7, 11) is -3.50. The molecule has 0 amide bonds. The number of rotatable bonds is 5. The number of cyclic esters (lactones) is 1. The molecule has 3 rings (SSSR count). The molecule has 7 heteroatoms. The Labute approximate surface area is 165 Å². The Morgan fingerprint density at radius 2 is 1.64 bits per heavy atom. The van der Waals surface area contributed by atoms with E-state index in [4.69, 9.17) is 11.3 Å². The first-order chi connectivity index (χ1) is 13.3. The zero-order valence-electron chi connectivity index (χ0n) is 15.8. The van der Waals surface area contributed by atoms with Crippen molar-refractivity contribution in [3.05, 3.63) is 65.5 Å². The minimum absolute atomic E-state index is 0.0104. The van der Waals surface area contributed by atoms with Crippen LogP contribution in [0, 0.1) is 6.57 Å². The van der Waals surface area contributed by atoms with Crippen molar-refractivity contribution >= 4 is 21.7 Å². The third kappa shape index (κ3) is 4.41. The molecule has 1 saturated heterocycles. The topological polar surface area (TPSA) is 76.8 Å². The molecular formula is C21H22N2O4S. The predicted molar refractivity (Wildman–Crippen MR) is 107 cm³/mol. The lowest BCUT2D eigenvalue weighted by Gasteiger charge is -2.32. The maximum Gasteiger partial charge on any atom is 0.307 e. The molecule has 1 aliphatic rings. The van der Waals surface area contributed by atoms with Gasteiger partial charge >= 0.3 is 5.97 Å². The third-order valence-corrected chi connectivity index (χ3v) is 6.77. The average molecular weight is 398 g/mol. The molecule has 0 radical (unpaired) electrons. The van der Waals surface area contributed by atoms with Gasteiger partial charge in [-0.2, -0.15) is 0 Å². The molecule has 2 aromatic carbocycles. The van der Waals surface area contributed by atoms with Gasteiger partial charge in [-0.1, -0.05) is 48.5 Å². The van der Waals surface area contributed by atoms with Crippen molar-refractivity contribution in [3.63, 3.8) is 0 Å². The summed E-state index contributed by atoms with van der Waals surface area (Å²) in [5.74, 6) is -0.644. The van der Waals surface area contributed by atoms with Gasteiger partial charge < -0.3 is 4.74 Å². The summed E-state index contributed by atoms with van der Waals surface area (Å²) in [5.41, 5.74) is 3.48. The molecule has 0 saturated carbocycles. The Balaban J connectivity index is 1.83. The molecule has 146 valence electrons. The number of nitrogens with one attached hydrogen (secondary N) is 1. The minimum Gasteiger partial charge on any atom is -0.465 e. The molecule has 1 heterocycles. The van der Waals surface area contributed by atoms with E-state index in [-0.39, 0.29) is 18.9 Å². The first kappa shape index (κ1) is 20.1. The van der Waals surface area contributed by atoms with E-state index >= 15 is 0 Å². The fraction of sp³-hybridized carbons (Fsp3) is 0.333. The third-order valence-electron chi connectivity index (χ3n) is 4.90. The van der Waals surface area contributed by atoms with Gasteiger partial charge in [-0.25, -0.2) is 18.0 Å². The van der Waals surface area contributed by atoms with Crippen molar-refractivity contribution in [2.75, 3.05) is 6.61 Å². The lowest BCUT2D eigenvalue weighted by atomic mass is 9.88. The minimum atomic E-state index is -3.50. The molecule has 2 unspecified atom stereocenters. The highest BCUT2D eigenvalue weighted by Crippen LogP contribution is 2.30. The molecule has 1 N–H and O–H groups in total. The first-order valence-electron chi connectivity index (χ1n) is 9.05. The van der Waals surface area contributed by atoms with Crippen LogP contribution in [0.5, 0.6) is 0 Å². The number of hydrogen-bond acceptors (Lipinski definition) is 4. The lowest BCUT2D eigenvalue weighted by molar-refractivity contribution is -0.148. The van der Waals surface area contributed by atoms with E-state index < -0.39 is 27.3 Å². The normalized spacial score (nSPS) is 19.9. The van der Waals surface area contributed by atoms with Crippen LogP contribution in [-0.2, 0) is 19.6 Å². The van der Waals surface area contributed by atoms with Gasteiger partial charge in [0.25, 0.3) is 0 Å². The van der Waals surface area contributed by atoms with Crippen molar-refractivity contribution in [2.24, 2.45) is 0 Å². The van der Waals surface area contributed by atoms with Crippen LogP contribution < -0.4 is 4.72 Å². The van der Waals surface area contributed by atoms with Crippen LogP contribution in [-0.4, -0.2) is 32.3 Å². The predicted octanol–water partition coefficient (Wildman–Crippen LogP) is 3.63. The van der Waals surface area contributed by atoms with Gasteiger partial charge in [-0.3, -0.25) is 4.79 Å². The second kappa shape index (κ2) is 8.13. The van der Waals surface area contributed by atoms with Gasteiger partial charge in [0, 0.05) is 12.0 Å². The largest absolute Gasteiger partial charge is 0.465 e. The van der Waals surface area contributed by atoms with Gasteiger partial charge in [0.05, 0.1) is 24.8 Å². The van der Waals surface area contributed by atoms with Crippen LogP contribution in [0.15, 0.2) is 48.5 Å². The molecule has 6 nitrogen and oxygen atoms in total. The van der Waals surface area contributed by atoms with Gasteiger partial charge in [0.2, 0.25) is 10.0 Å². The number of sulfonamides is 1. The Hall–Kier alpha value is -2.69. The van der Waals surface area contributed by atoms with Crippen molar-refractivity contribution in [1.29, 1.82) is 0 Å². The Kier molecular flexibility index (Phi) is 5.82. The summed E-state index contributed by atoms with van der Waals surface area (Å²) in [6, 6.07) is 14.6. The summed E-state index contributed by atoms with van der Waals surface area (Å²) in [5, 5.41) is -0.577. The zero-order chi connectivity index (χ0) is 20.3. The van der Waals surface area contributed by atoms with Gasteiger partial charge in [0.1, 0.15) is 0 Å². The highest BCUT2D eigenvalue weighted by atomic mass is 32.2. The van der Waals surface area contributed by atoms with Gasteiger partial charge in [-0.15, -0.1) is 0 Å².